The number of carbonyl (C=O) groups excluding carboxylic acids is 1. The third-order valence-electron chi connectivity index (χ3n) is 4.81. The van der Waals surface area contributed by atoms with Crippen LogP contribution in [0.2, 0.25) is 0 Å². The molecule has 4 aromatic rings. The first kappa shape index (κ1) is 25.9. The molecule has 0 aliphatic carbocycles. The van der Waals surface area contributed by atoms with Crippen LogP contribution < -0.4 is 5.73 Å². The average Bonchev–Trinajstić information content (AvgIpc) is 2.88. The molecule has 0 spiro atoms. The molecule has 0 aliphatic heterocycles. The number of nitrogens with two attached hydrogens (primary N) is 1. The Labute approximate surface area is 199 Å². The number of fused-ring (bicyclic) bond motifs is 1. The molecule has 0 fully saturated rings. The van der Waals surface area contributed by atoms with E-state index in [1.807, 2.05) is 88.4 Å². The van der Waals surface area contributed by atoms with Crippen molar-refractivity contribution in [2.75, 3.05) is 0 Å². The third kappa shape index (κ3) is 5.55. The lowest BCUT2D eigenvalue weighted by atomic mass is 9.96. The number of aryl methyl sites for hydroxylation is 1. The Morgan fingerprint density at radius 3 is 2.09 bits per heavy atom. The van der Waals surface area contributed by atoms with Gasteiger partial charge in [-0.1, -0.05) is 82.3 Å². The number of benzene rings is 2. The Morgan fingerprint density at radius 2 is 1.55 bits per heavy atom. The zero-order valence-electron chi connectivity index (χ0n) is 19.6. The SMILES string of the molecule is CC.CC.Cc1nc(C(N)=O)c(F)c2nc(-c3ccc(CCl)cc3)c(-c3ccccc3)cc12. The van der Waals surface area contributed by atoms with Gasteiger partial charge in [0.15, 0.2) is 11.5 Å². The highest BCUT2D eigenvalue weighted by Gasteiger charge is 2.20. The molecule has 6 heteroatoms. The van der Waals surface area contributed by atoms with Crippen LogP contribution >= 0.6 is 11.6 Å². The van der Waals surface area contributed by atoms with E-state index in [-0.39, 0.29) is 5.52 Å². The van der Waals surface area contributed by atoms with Gasteiger partial charge in [-0.15, -0.1) is 11.6 Å². The Morgan fingerprint density at radius 1 is 0.939 bits per heavy atom. The topological polar surface area (TPSA) is 68.9 Å². The number of amides is 1. The summed E-state index contributed by atoms with van der Waals surface area (Å²) >= 11 is 5.90. The first-order valence-electron chi connectivity index (χ1n) is 11.0. The fourth-order valence-corrected chi connectivity index (χ4v) is 3.50. The summed E-state index contributed by atoms with van der Waals surface area (Å²) in [5.74, 6) is -1.33. The van der Waals surface area contributed by atoms with Crippen molar-refractivity contribution in [2.24, 2.45) is 5.73 Å². The molecular weight excluding hydrogens is 437 g/mol. The standard InChI is InChI=1S/C23H17ClFN3O.2C2H6/c1-13-17-11-18(15-5-3-2-4-6-15)20(16-9-7-14(12-24)8-10-16)28-21(17)19(25)22(27-13)23(26)29;2*1-2/h2-11H,12H2,1H3,(H2,26,29);2*1-2H3. The summed E-state index contributed by atoms with van der Waals surface area (Å²) in [6, 6.07) is 19.2. The maximum Gasteiger partial charge on any atom is 0.270 e. The molecule has 2 heterocycles. The van der Waals surface area contributed by atoms with Gasteiger partial charge in [0.1, 0.15) is 5.52 Å². The van der Waals surface area contributed by atoms with Gasteiger partial charge in [-0.2, -0.15) is 0 Å². The highest BCUT2D eigenvalue weighted by Crippen LogP contribution is 2.35. The van der Waals surface area contributed by atoms with Gasteiger partial charge in [0.05, 0.1) is 5.69 Å². The number of rotatable bonds is 4. The van der Waals surface area contributed by atoms with Crippen LogP contribution in [-0.2, 0) is 5.88 Å². The molecule has 0 saturated carbocycles. The van der Waals surface area contributed by atoms with E-state index in [4.69, 9.17) is 17.3 Å². The minimum Gasteiger partial charge on any atom is -0.364 e. The van der Waals surface area contributed by atoms with Gasteiger partial charge in [0.2, 0.25) is 0 Å². The second-order valence-corrected chi connectivity index (χ2v) is 6.97. The number of aromatic nitrogens is 2. The summed E-state index contributed by atoms with van der Waals surface area (Å²) in [5, 5.41) is 0.535. The molecule has 0 atom stereocenters. The van der Waals surface area contributed by atoms with E-state index in [1.54, 1.807) is 6.92 Å². The van der Waals surface area contributed by atoms with Crippen LogP contribution in [0.5, 0.6) is 0 Å². The summed E-state index contributed by atoms with van der Waals surface area (Å²) in [7, 11) is 0. The predicted molar refractivity (Wildman–Crippen MR) is 136 cm³/mol. The first-order chi connectivity index (χ1) is 16.0. The summed E-state index contributed by atoms with van der Waals surface area (Å²) in [5.41, 5.74) is 9.62. The molecule has 2 aromatic carbocycles. The van der Waals surface area contributed by atoms with Gasteiger partial charge in [-0.25, -0.2) is 14.4 Å². The van der Waals surface area contributed by atoms with E-state index < -0.39 is 17.4 Å². The van der Waals surface area contributed by atoms with E-state index in [9.17, 15) is 4.79 Å². The number of nitrogens with zero attached hydrogens (tertiary/aromatic N) is 2. The van der Waals surface area contributed by atoms with Crippen molar-refractivity contribution in [3.63, 3.8) is 0 Å². The van der Waals surface area contributed by atoms with Gasteiger partial charge < -0.3 is 5.73 Å². The van der Waals surface area contributed by atoms with Gasteiger partial charge >= 0.3 is 0 Å². The summed E-state index contributed by atoms with van der Waals surface area (Å²) in [6.45, 7) is 9.71. The zero-order chi connectivity index (χ0) is 24.5. The number of pyridine rings is 2. The molecule has 2 aromatic heterocycles. The van der Waals surface area contributed by atoms with Crippen LogP contribution in [0.15, 0.2) is 60.7 Å². The normalized spacial score (nSPS) is 10.0. The van der Waals surface area contributed by atoms with Gasteiger partial charge in [0, 0.05) is 28.1 Å². The monoisotopic (exact) mass is 465 g/mol. The fourth-order valence-electron chi connectivity index (χ4n) is 3.32. The number of carbonyl (C=O) groups is 1. The average molecular weight is 466 g/mol. The smallest absolute Gasteiger partial charge is 0.270 e. The zero-order valence-corrected chi connectivity index (χ0v) is 20.4. The highest BCUT2D eigenvalue weighted by molar-refractivity contribution is 6.17. The number of hydrogen-bond acceptors (Lipinski definition) is 3. The van der Waals surface area contributed by atoms with Crippen molar-refractivity contribution in [1.29, 1.82) is 0 Å². The van der Waals surface area contributed by atoms with Crippen LogP contribution in [0, 0.1) is 12.7 Å². The van der Waals surface area contributed by atoms with Crippen molar-refractivity contribution >= 4 is 28.4 Å². The van der Waals surface area contributed by atoms with Crippen LogP contribution in [-0.4, -0.2) is 15.9 Å². The summed E-state index contributed by atoms with van der Waals surface area (Å²) < 4.78 is 15.0. The van der Waals surface area contributed by atoms with Gasteiger partial charge in [0.25, 0.3) is 5.91 Å². The molecule has 0 radical (unpaired) electrons. The van der Waals surface area contributed by atoms with E-state index in [0.29, 0.717) is 22.7 Å². The predicted octanol–water partition coefficient (Wildman–Crippen LogP) is 7.30. The number of hydrogen-bond donors (Lipinski definition) is 1. The highest BCUT2D eigenvalue weighted by atomic mass is 35.5. The lowest BCUT2D eigenvalue weighted by molar-refractivity contribution is 0.0991. The Kier molecular flexibility index (Phi) is 9.49. The largest absolute Gasteiger partial charge is 0.364 e. The number of halogens is 2. The molecule has 4 rings (SSSR count). The van der Waals surface area contributed by atoms with E-state index >= 15 is 4.39 Å². The van der Waals surface area contributed by atoms with Crippen molar-refractivity contribution in [3.8, 4) is 22.4 Å². The molecule has 0 saturated heterocycles. The van der Waals surface area contributed by atoms with Crippen LogP contribution in [0.4, 0.5) is 4.39 Å². The minimum absolute atomic E-state index is 0.0717. The van der Waals surface area contributed by atoms with Crippen molar-refractivity contribution in [1.82, 2.24) is 9.97 Å². The summed E-state index contributed by atoms with van der Waals surface area (Å²) in [4.78, 5) is 20.3. The van der Waals surface area contributed by atoms with Gasteiger partial charge in [-0.05, 0) is 24.1 Å². The van der Waals surface area contributed by atoms with E-state index in [0.717, 1.165) is 22.3 Å². The van der Waals surface area contributed by atoms with E-state index in [2.05, 4.69) is 9.97 Å². The fraction of sp³-hybridized carbons (Fsp3) is 0.222. The molecule has 4 nitrogen and oxygen atoms in total. The third-order valence-corrected chi connectivity index (χ3v) is 5.12. The van der Waals surface area contributed by atoms with Crippen LogP contribution in [0.25, 0.3) is 33.3 Å². The molecule has 2 N–H and O–H groups in total. The second kappa shape index (κ2) is 12.1. The van der Waals surface area contributed by atoms with Crippen LogP contribution in [0.1, 0.15) is 49.4 Å². The number of alkyl halides is 1. The number of primary amides is 1. The molecule has 172 valence electrons. The van der Waals surface area contributed by atoms with Crippen molar-refractivity contribution in [3.05, 3.63) is 83.4 Å². The quantitative estimate of drug-likeness (QED) is 0.321. The molecule has 0 aliphatic rings. The maximum absolute atomic E-state index is 15.0. The molecule has 0 bridgehead atoms. The Balaban J connectivity index is 0.000000914. The first-order valence-corrected chi connectivity index (χ1v) is 11.5. The van der Waals surface area contributed by atoms with Crippen LogP contribution in [0.3, 0.4) is 0 Å². The molecular formula is C27H29ClFN3O. The Hall–Kier alpha value is -3.31. The molecule has 0 unspecified atom stereocenters. The van der Waals surface area contributed by atoms with Gasteiger partial charge in [-0.3, -0.25) is 4.79 Å². The molecule has 1 amide bonds. The lowest BCUT2D eigenvalue weighted by Gasteiger charge is -2.14. The lowest BCUT2D eigenvalue weighted by Crippen LogP contribution is -2.16. The molecule has 33 heavy (non-hydrogen) atoms. The van der Waals surface area contributed by atoms with E-state index in [1.165, 1.54) is 0 Å². The minimum atomic E-state index is -0.922. The van der Waals surface area contributed by atoms with Crippen molar-refractivity contribution < 1.29 is 9.18 Å². The maximum atomic E-state index is 15.0. The second-order valence-electron chi connectivity index (χ2n) is 6.70. The summed E-state index contributed by atoms with van der Waals surface area (Å²) in [6.07, 6.45) is 0. The Bertz CT molecular complexity index is 1230. The van der Waals surface area contributed by atoms with Crippen molar-refractivity contribution in [2.45, 2.75) is 40.5 Å².